The van der Waals surface area contributed by atoms with Crippen LogP contribution in [0.15, 0.2) is 40.9 Å². The molecule has 0 heterocycles. The van der Waals surface area contributed by atoms with Crippen LogP contribution < -0.4 is 15.4 Å². The highest BCUT2D eigenvalue weighted by Gasteiger charge is 2.13. The van der Waals surface area contributed by atoms with Crippen LogP contribution in [0.5, 0.6) is 5.75 Å². The Bertz CT molecular complexity index is 868. The van der Waals surface area contributed by atoms with Gasteiger partial charge in [-0.2, -0.15) is 8.78 Å². The zero-order chi connectivity index (χ0) is 20.7. The third-order valence-electron chi connectivity index (χ3n) is 3.53. The summed E-state index contributed by atoms with van der Waals surface area (Å²) in [5.74, 6) is -1.56. The van der Waals surface area contributed by atoms with E-state index in [1.54, 1.807) is 12.1 Å². The van der Waals surface area contributed by atoms with E-state index in [2.05, 4.69) is 31.3 Å². The lowest BCUT2D eigenvalue weighted by atomic mass is 10.2. The Morgan fingerprint density at radius 1 is 1.14 bits per heavy atom. The van der Waals surface area contributed by atoms with Crippen molar-refractivity contribution < 1.29 is 27.5 Å². The largest absolute Gasteiger partial charge is 0.434 e. The van der Waals surface area contributed by atoms with Crippen LogP contribution in [-0.2, 0) is 11.3 Å². The number of hydrogen-bond donors (Lipinski definition) is 2. The van der Waals surface area contributed by atoms with E-state index >= 15 is 0 Å². The molecule has 2 amide bonds. The van der Waals surface area contributed by atoms with Crippen LogP contribution >= 0.6 is 27.5 Å². The molecule has 10 heteroatoms. The van der Waals surface area contributed by atoms with E-state index in [4.69, 9.17) is 11.6 Å². The predicted molar refractivity (Wildman–Crippen MR) is 101 cm³/mol. The molecule has 5 nitrogen and oxygen atoms in total. The first kappa shape index (κ1) is 22.0. The molecule has 2 aromatic rings. The number of hydrogen-bond acceptors (Lipinski definition) is 3. The Balaban J connectivity index is 1.83. The number of nitrogens with one attached hydrogen (secondary N) is 2. The van der Waals surface area contributed by atoms with Gasteiger partial charge in [0.05, 0.1) is 10.6 Å². The molecule has 150 valence electrons. The summed E-state index contributed by atoms with van der Waals surface area (Å²) in [6.07, 6.45) is -0.0520. The van der Waals surface area contributed by atoms with Crippen LogP contribution in [-0.4, -0.2) is 25.0 Å². The molecule has 0 atom stereocenters. The van der Waals surface area contributed by atoms with Crippen LogP contribution in [0, 0.1) is 5.82 Å². The molecule has 0 bridgehead atoms. The summed E-state index contributed by atoms with van der Waals surface area (Å²) in [6.45, 7) is -3.00. The van der Waals surface area contributed by atoms with Crippen molar-refractivity contribution in [3.63, 3.8) is 0 Å². The van der Waals surface area contributed by atoms with Gasteiger partial charge in [-0.25, -0.2) is 4.39 Å². The lowest BCUT2D eigenvalue weighted by Gasteiger charge is -2.12. The van der Waals surface area contributed by atoms with Crippen LogP contribution in [0.2, 0.25) is 5.02 Å². The third kappa shape index (κ3) is 6.72. The fraction of sp³-hybridized carbons (Fsp3) is 0.222. The Labute approximate surface area is 172 Å². The molecule has 0 spiro atoms. The topological polar surface area (TPSA) is 67.4 Å². The first-order chi connectivity index (χ1) is 13.3. The Kier molecular flexibility index (Phi) is 8.13. The van der Waals surface area contributed by atoms with E-state index in [9.17, 15) is 22.8 Å². The zero-order valence-electron chi connectivity index (χ0n) is 14.3. The van der Waals surface area contributed by atoms with Gasteiger partial charge in [-0.3, -0.25) is 9.59 Å². The molecule has 0 aliphatic rings. The summed E-state index contributed by atoms with van der Waals surface area (Å²) in [5, 5.41) is 5.02. The summed E-state index contributed by atoms with van der Waals surface area (Å²) in [5.41, 5.74) is 0.455. The van der Waals surface area contributed by atoms with Gasteiger partial charge in [-0.1, -0.05) is 27.5 Å². The fourth-order valence-corrected chi connectivity index (χ4v) is 2.90. The molecule has 0 saturated heterocycles. The van der Waals surface area contributed by atoms with Gasteiger partial charge >= 0.3 is 6.61 Å². The molecule has 28 heavy (non-hydrogen) atoms. The molecule has 2 N–H and O–H groups in total. The van der Waals surface area contributed by atoms with Crippen LogP contribution in [0.3, 0.4) is 0 Å². The standard InChI is InChI=1S/C18H15BrClF3N2O3/c19-11-1-4-15(28-18(22)23)10(7-11)9-25-16(26)5-6-24-17(27)13-3-2-12(21)8-14(13)20/h1-4,7-8,18H,5-6,9H2,(H,24,27)(H,25,26). The zero-order valence-corrected chi connectivity index (χ0v) is 16.6. The first-order valence-corrected chi connectivity index (χ1v) is 9.16. The number of carbonyl (C=O) groups is 2. The Morgan fingerprint density at radius 3 is 2.57 bits per heavy atom. The number of ether oxygens (including phenoxy) is 1. The summed E-state index contributed by atoms with van der Waals surface area (Å²) in [6, 6.07) is 7.81. The van der Waals surface area contributed by atoms with E-state index in [0.717, 1.165) is 12.1 Å². The molecule has 0 aliphatic heterocycles. The van der Waals surface area contributed by atoms with Crippen LogP contribution in [0.1, 0.15) is 22.3 Å². The lowest BCUT2D eigenvalue weighted by molar-refractivity contribution is -0.121. The molecule has 0 fully saturated rings. The number of benzene rings is 2. The molecule has 0 aromatic heterocycles. The molecular formula is C18H15BrClF3N2O3. The van der Waals surface area contributed by atoms with Crippen LogP contribution in [0.4, 0.5) is 13.2 Å². The van der Waals surface area contributed by atoms with Crippen molar-refractivity contribution in [1.29, 1.82) is 0 Å². The second kappa shape index (κ2) is 10.3. The van der Waals surface area contributed by atoms with E-state index in [1.807, 2.05) is 0 Å². The summed E-state index contributed by atoms with van der Waals surface area (Å²) in [4.78, 5) is 23.9. The van der Waals surface area contributed by atoms with Gasteiger partial charge in [0.1, 0.15) is 11.6 Å². The van der Waals surface area contributed by atoms with Gasteiger partial charge in [0.25, 0.3) is 5.91 Å². The lowest BCUT2D eigenvalue weighted by Crippen LogP contribution is -2.30. The van der Waals surface area contributed by atoms with Gasteiger partial charge in [0.15, 0.2) is 0 Å². The van der Waals surface area contributed by atoms with Gasteiger partial charge in [0, 0.05) is 29.5 Å². The molecule has 0 saturated carbocycles. The summed E-state index contributed by atoms with van der Waals surface area (Å²) in [7, 11) is 0. The van der Waals surface area contributed by atoms with Crippen molar-refractivity contribution in [1.82, 2.24) is 10.6 Å². The molecule has 2 rings (SSSR count). The SMILES string of the molecule is O=C(CCNC(=O)c1ccc(F)cc1Cl)NCc1cc(Br)ccc1OC(F)F. The fourth-order valence-electron chi connectivity index (χ4n) is 2.24. The second-order valence-electron chi connectivity index (χ2n) is 5.54. The number of halogens is 5. The van der Waals surface area contributed by atoms with E-state index in [0.29, 0.717) is 10.0 Å². The van der Waals surface area contributed by atoms with Gasteiger partial charge in [-0.15, -0.1) is 0 Å². The van der Waals surface area contributed by atoms with E-state index in [1.165, 1.54) is 12.1 Å². The summed E-state index contributed by atoms with van der Waals surface area (Å²) < 4.78 is 42.9. The highest BCUT2D eigenvalue weighted by atomic mass is 79.9. The minimum atomic E-state index is -2.98. The summed E-state index contributed by atoms with van der Waals surface area (Å²) >= 11 is 9.02. The van der Waals surface area contributed by atoms with E-state index in [-0.39, 0.29) is 35.8 Å². The molecule has 0 aliphatic carbocycles. The maximum Gasteiger partial charge on any atom is 0.387 e. The highest BCUT2D eigenvalue weighted by Crippen LogP contribution is 2.24. The normalized spacial score (nSPS) is 10.6. The monoisotopic (exact) mass is 478 g/mol. The first-order valence-electron chi connectivity index (χ1n) is 7.99. The predicted octanol–water partition coefficient (Wildman–Crippen LogP) is 4.28. The average molecular weight is 480 g/mol. The van der Waals surface area contributed by atoms with Crippen molar-refractivity contribution in [3.05, 3.63) is 62.8 Å². The average Bonchev–Trinajstić information content (AvgIpc) is 2.61. The van der Waals surface area contributed by atoms with Gasteiger partial charge in [0.2, 0.25) is 5.91 Å². The molecule has 2 aromatic carbocycles. The third-order valence-corrected chi connectivity index (χ3v) is 4.33. The highest BCUT2D eigenvalue weighted by molar-refractivity contribution is 9.10. The van der Waals surface area contributed by atoms with Crippen molar-refractivity contribution in [2.75, 3.05) is 6.54 Å². The smallest absolute Gasteiger partial charge is 0.387 e. The second-order valence-corrected chi connectivity index (χ2v) is 6.86. The number of carbonyl (C=O) groups excluding carboxylic acids is 2. The van der Waals surface area contributed by atoms with Crippen molar-refractivity contribution in [3.8, 4) is 5.75 Å². The molecule has 0 unspecified atom stereocenters. The number of rotatable bonds is 8. The molecular weight excluding hydrogens is 465 g/mol. The molecule has 0 radical (unpaired) electrons. The van der Waals surface area contributed by atoms with Crippen molar-refractivity contribution >= 4 is 39.3 Å². The maximum absolute atomic E-state index is 13.0. The Hall–Kier alpha value is -2.26. The maximum atomic E-state index is 13.0. The van der Waals surface area contributed by atoms with Gasteiger partial charge < -0.3 is 15.4 Å². The minimum absolute atomic E-state index is 0.0112. The Morgan fingerprint density at radius 2 is 1.89 bits per heavy atom. The van der Waals surface area contributed by atoms with Gasteiger partial charge in [-0.05, 0) is 36.4 Å². The number of alkyl halides is 2. The van der Waals surface area contributed by atoms with Crippen molar-refractivity contribution in [2.24, 2.45) is 0 Å². The number of amides is 2. The van der Waals surface area contributed by atoms with Crippen molar-refractivity contribution in [2.45, 2.75) is 19.6 Å². The minimum Gasteiger partial charge on any atom is -0.434 e. The quantitative estimate of drug-likeness (QED) is 0.594. The van der Waals surface area contributed by atoms with Crippen LogP contribution in [0.25, 0.3) is 0 Å². The van der Waals surface area contributed by atoms with E-state index < -0.39 is 24.2 Å².